The Labute approximate surface area is 220 Å². The van der Waals surface area contributed by atoms with Crippen LogP contribution in [-0.2, 0) is 25.8 Å². The largest absolute Gasteiger partial charge is 0.477 e. The number of carbonyl (C=O) groups is 3. The number of halogens is 1. The quantitative estimate of drug-likeness (QED) is 0.157. The molecule has 0 bridgehead atoms. The van der Waals surface area contributed by atoms with Crippen LogP contribution in [0.1, 0.15) is 5.69 Å². The van der Waals surface area contributed by atoms with Gasteiger partial charge in [-0.05, 0) is 22.0 Å². The number of carbonyl (C=O) groups excluding carboxylic acids is 2. The fourth-order valence-corrected chi connectivity index (χ4v) is 6.36. The van der Waals surface area contributed by atoms with Crippen LogP contribution in [0.2, 0.25) is 0 Å². The van der Waals surface area contributed by atoms with Gasteiger partial charge in [0, 0.05) is 22.8 Å². The number of thioether (sulfide) groups is 1. The van der Waals surface area contributed by atoms with Crippen LogP contribution in [0.25, 0.3) is 5.65 Å². The Morgan fingerprint density at radius 1 is 1.44 bits per heavy atom. The highest BCUT2D eigenvalue weighted by atomic mass is 79.9. The minimum atomic E-state index is -1.19. The van der Waals surface area contributed by atoms with Gasteiger partial charge in [0.2, 0.25) is 0 Å². The summed E-state index contributed by atoms with van der Waals surface area (Å²) >= 11 is 5.96. The first-order chi connectivity index (χ1) is 17.3. The van der Waals surface area contributed by atoms with Crippen LogP contribution in [0.3, 0.4) is 0 Å². The van der Waals surface area contributed by atoms with Gasteiger partial charge in [-0.2, -0.15) is 0 Å². The summed E-state index contributed by atoms with van der Waals surface area (Å²) in [6.45, 7) is 0.302. The zero-order valence-corrected chi connectivity index (χ0v) is 21.8. The normalized spacial score (nSPS) is 19.8. The molecular formula is C21H19BrN7O5S2+. The van der Waals surface area contributed by atoms with Crippen LogP contribution in [0, 0.1) is 0 Å². The number of aliphatic carboxylic acids is 1. The molecule has 36 heavy (non-hydrogen) atoms. The first-order valence-electron chi connectivity index (χ1n) is 10.5. The minimum absolute atomic E-state index is 0.0590. The number of carboxylic acid groups (broad SMARTS) is 1. The highest BCUT2D eigenvalue weighted by Crippen LogP contribution is 2.40. The molecule has 186 valence electrons. The molecule has 0 aliphatic carbocycles. The third-order valence-electron chi connectivity index (χ3n) is 5.68. The number of nitrogens with zero attached hydrogens (tertiary/aromatic N) is 5. The topological polar surface area (TPSA) is 156 Å². The molecule has 2 aliphatic heterocycles. The van der Waals surface area contributed by atoms with E-state index in [1.165, 1.54) is 23.8 Å². The Bertz CT molecular complexity index is 1470. The van der Waals surface area contributed by atoms with Gasteiger partial charge in [0.1, 0.15) is 55.1 Å². The molecular weight excluding hydrogens is 574 g/mol. The molecule has 0 radical (unpaired) electrons. The van der Waals surface area contributed by atoms with Crippen LogP contribution >= 0.6 is 39.0 Å². The van der Waals surface area contributed by atoms with Crippen molar-refractivity contribution in [3.63, 3.8) is 0 Å². The summed E-state index contributed by atoms with van der Waals surface area (Å²) in [6, 6.07) is 2.90. The summed E-state index contributed by atoms with van der Waals surface area (Å²) in [4.78, 5) is 48.2. The van der Waals surface area contributed by atoms with Crippen molar-refractivity contribution in [2.75, 3.05) is 18.6 Å². The maximum absolute atomic E-state index is 13.0. The molecule has 5 heterocycles. The number of hydrogen-bond acceptors (Lipinski definition) is 9. The van der Waals surface area contributed by atoms with E-state index in [9.17, 15) is 19.5 Å². The van der Waals surface area contributed by atoms with Crippen molar-refractivity contribution in [2.24, 2.45) is 5.16 Å². The average Bonchev–Trinajstić information content (AvgIpc) is 3.45. The summed E-state index contributed by atoms with van der Waals surface area (Å²) in [7, 11) is 1.28. The summed E-state index contributed by atoms with van der Waals surface area (Å²) in [6.07, 6.45) is 5.63. The smallest absolute Gasteiger partial charge is 0.352 e. The molecule has 0 aromatic carbocycles. The lowest BCUT2D eigenvalue weighted by molar-refractivity contribution is -0.662. The second-order valence-corrected chi connectivity index (χ2v) is 10.8. The molecule has 12 nitrogen and oxygen atoms in total. The van der Waals surface area contributed by atoms with Gasteiger partial charge >= 0.3 is 5.97 Å². The first kappa shape index (κ1) is 24.3. The summed E-state index contributed by atoms with van der Waals surface area (Å²) in [5.41, 5.74) is 7.15. The highest BCUT2D eigenvalue weighted by molar-refractivity contribution is 9.10. The zero-order chi connectivity index (χ0) is 25.6. The number of β-lactam (4-membered cyclic amide) rings is 1. The number of anilines is 1. The zero-order valence-electron chi connectivity index (χ0n) is 18.6. The number of hydrogen-bond donors (Lipinski definition) is 3. The number of amides is 2. The predicted molar refractivity (Wildman–Crippen MR) is 135 cm³/mol. The molecule has 1 fully saturated rings. The fourth-order valence-electron chi connectivity index (χ4n) is 4.12. The number of carboxylic acids is 1. The van der Waals surface area contributed by atoms with Gasteiger partial charge in [0.05, 0.1) is 4.47 Å². The van der Waals surface area contributed by atoms with Crippen molar-refractivity contribution in [2.45, 2.75) is 18.0 Å². The number of fused-ring (bicyclic) bond motifs is 2. The van der Waals surface area contributed by atoms with Gasteiger partial charge in [0.25, 0.3) is 17.5 Å². The van der Waals surface area contributed by atoms with E-state index in [4.69, 9.17) is 10.6 Å². The summed E-state index contributed by atoms with van der Waals surface area (Å²) in [5, 5.41) is 17.6. The van der Waals surface area contributed by atoms with Crippen molar-refractivity contribution < 1.29 is 28.9 Å². The number of thiazole rings is 1. The fraction of sp³-hybridized carbons (Fsp3) is 0.238. The summed E-state index contributed by atoms with van der Waals surface area (Å²) in [5.74, 6) is -2.00. The maximum atomic E-state index is 13.0. The Kier molecular flexibility index (Phi) is 6.44. The van der Waals surface area contributed by atoms with Crippen molar-refractivity contribution in [3.8, 4) is 0 Å². The van der Waals surface area contributed by atoms with E-state index in [1.54, 1.807) is 5.38 Å². The van der Waals surface area contributed by atoms with E-state index in [-0.39, 0.29) is 22.2 Å². The van der Waals surface area contributed by atoms with E-state index in [1.807, 2.05) is 39.7 Å². The molecule has 0 spiro atoms. The van der Waals surface area contributed by atoms with Gasteiger partial charge in [-0.1, -0.05) is 5.16 Å². The Morgan fingerprint density at radius 3 is 2.94 bits per heavy atom. The molecule has 2 aliphatic rings. The van der Waals surface area contributed by atoms with Crippen LogP contribution in [0.4, 0.5) is 5.13 Å². The van der Waals surface area contributed by atoms with Gasteiger partial charge in [-0.3, -0.25) is 14.5 Å². The van der Waals surface area contributed by atoms with E-state index in [0.29, 0.717) is 17.9 Å². The maximum Gasteiger partial charge on any atom is 0.352 e. The van der Waals surface area contributed by atoms with Gasteiger partial charge < -0.3 is 21.0 Å². The molecule has 0 unspecified atom stereocenters. The van der Waals surface area contributed by atoms with Crippen LogP contribution < -0.4 is 15.6 Å². The third kappa shape index (κ3) is 4.22. The second-order valence-electron chi connectivity index (χ2n) is 7.85. The van der Waals surface area contributed by atoms with Gasteiger partial charge in [0.15, 0.2) is 10.8 Å². The lowest BCUT2D eigenvalue weighted by atomic mass is 10.0. The van der Waals surface area contributed by atoms with E-state index in [2.05, 4.69) is 31.4 Å². The van der Waals surface area contributed by atoms with Crippen LogP contribution in [-0.4, -0.2) is 67.2 Å². The number of nitrogen functional groups attached to an aromatic ring is 1. The Hall–Kier alpha value is -3.43. The van der Waals surface area contributed by atoms with Crippen LogP contribution in [0.15, 0.2) is 57.0 Å². The molecule has 3 aromatic rings. The molecule has 1 saturated heterocycles. The molecule has 4 N–H and O–H groups in total. The van der Waals surface area contributed by atoms with Crippen molar-refractivity contribution in [1.29, 1.82) is 0 Å². The third-order valence-corrected chi connectivity index (χ3v) is 8.16. The number of rotatable bonds is 7. The monoisotopic (exact) mass is 592 g/mol. The number of nitrogens with two attached hydrogens (primary N) is 1. The minimum Gasteiger partial charge on any atom is -0.477 e. The Balaban J connectivity index is 1.37. The Morgan fingerprint density at radius 2 is 2.25 bits per heavy atom. The van der Waals surface area contributed by atoms with Crippen molar-refractivity contribution in [3.05, 3.63) is 57.5 Å². The second kappa shape index (κ2) is 9.55. The van der Waals surface area contributed by atoms with Crippen molar-refractivity contribution >= 4 is 73.3 Å². The van der Waals surface area contributed by atoms with E-state index < -0.39 is 29.2 Å². The standard InChI is InChI=1S/C21H18BrN7O5S2/c1-34-26-14(12-9-36-21(23)24-12)17(30)25-15-18(31)29-16(20(32)33)10(8-35-19(15)29)6-27-4-5-28-7-11(22)2-3-13(27)28/h2-5,7,9,15,19H,6,8H2,1H3,(H3-,23,24,25,30,32,33)/p+1/b26-14-/t15-,19-/m1/s1. The lowest BCUT2D eigenvalue weighted by Gasteiger charge is -2.49. The number of oxime groups is 1. The molecule has 0 saturated carbocycles. The highest BCUT2D eigenvalue weighted by Gasteiger charge is 2.54. The van der Waals surface area contributed by atoms with Gasteiger partial charge in [-0.15, -0.1) is 23.1 Å². The molecule has 2 amide bonds. The SMILES string of the molecule is CO/N=C(\C(=O)N[C@@H]1C(=O)N2C(C(=O)O)=C(C[n+]3ccn4cc(Br)ccc43)CS[C@H]12)c1csc(N)n1. The summed E-state index contributed by atoms with van der Waals surface area (Å²) < 4.78 is 4.75. The molecule has 5 rings (SSSR count). The molecule has 15 heteroatoms. The first-order valence-corrected chi connectivity index (χ1v) is 13.2. The molecule has 3 aromatic heterocycles. The number of nitrogens with one attached hydrogen (secondary N) is 1. The van der Waals surface area contributed by atoms with Crippen LogP contribution in [0.5, 0.6) is 0 Å². The number of imidazole rings is 1. The number of pyridine rings is 1. The van der Waals surface area contributed by atoms with E-state index in [0.717, 1.165) is 21.5 Å². The lowest BCUT2D eigenvalue weighted by Crippen LogP contribution is -2.71. The molecule has 2 atom stereocenters. The average molecular weight is 593 g/mol. The van der Waals surface area contributed by atoms with E-state index >= 15 is 0 Å². The predicted octanol–water partition coefficient (Wildman–Crippen LogP) is 0.817. The van der Waals surface area contributed by atoms with Crippen molar-refractivity contribution in [1.82, 2.24) is 19.6 Å². The number of aromatic nitrogens is 3. The van der Waals surface area contributed by atoms with Gasteiger partial charge in [-0.25, -0.2) is 18.7 Å².